The van der Waals surface area contributed by atoms with Gasteiger partial charge in [-0.2, -0.15) is 0 Å². The van der Waals surface area contributed by atoms with Gasteiger partial charge < -0.3 is 16.0 Å². The van der Waals surface area contributed by atoms with Gasteiger partial charge in [0.1, 0.15) is 5.57 Å². The SMILES string of the molecule is CCC1(C)Cc2ccccc2C(=C(C(=O)Nc2ccc(Br)cc2)C(=O)Nc2ccc(Br)cc2)N1. The Bertz CT molecular complexity index is 1190. The fourth-order valence-electron chi connectivity index (χ4n) is 3.95. The second-order valence-electron chi connectivity index (χ2n) is 8.55. The molecule has 3 aromatic rings. The van der Waals surface area contributed by atoms with Crippen LogP contribution < -0.4 is 16.0 Å². The van der Waals surface area contributed by atoms with E-state index in [2.05, 4.69) is 67.7 Å². The summed E-state index contributed by atoms with van der Waals surface area (Å²) in [5.41, 5.74) is 3.46. The van der Waals surface area contributed by atoms with Crippen molar-refractivity contribution in [2.24, 2.45) is 0 Å². The van der Waals surface area contributed by atoms with Gasteiger partial charge >= 0.3 is 0 Å². The molecule has 4 rings (SSSR count). The van der Waals surface area contributed by atoms with E-state index in [4.69, 9.17) is 0 Å². The lowest BCUT2D eigenvalue weighted by Crippen LogP contribution is -2.47. The van der Waals surface area contributed by atoms with Gasteiger partial charge in [-0.1, -0.05) is 63.0 Å². The number of halogens is 2. The van der Waals surface area contributed by atoms with E-state index >= 15 is 0 Å². The van der Waals surface area contributed by atoms with E-state index in [-0.39, 0.29) is 11.1 Å². The fraction of sp³-hybridized carbons (Fsp3) is 0.185. The number of fused-ring (bicyclic) bond motifs is 1. The van der Waals surface area contributed by atoms with E-state index in [1.807, 2.05) is 42.5 Å². The van der Waals surface area contributed by atoms with Crippen LogP contribution in [-0.4, -0.2) is 17.4 Å². The molecule has 2 amide bonds. The fourth-order valence-corrected chi connectivity index (χ4v) is 4.48. The summed E-state index contributed by atoms with van der Waals surface area (Å²) in [5, 5.41) is 9.32. The smallest absolute Gasteiger partial charge is 0.263 e. The number of anilines is 2. The number of nitrogens with one attached hydrogen (secondary N) is 3. The number of hydrogen-bond donors (Lipinski definition) is 3. The molecule has 3 aromatic carbocycles. The van der Waals surface area contributed by atoms with Gasteiger partial charge in [0, 0.05) is 31.4 Å². The molecule has 174 valence electrons. The highest BCUT2D eigenvalue weighted by atomic mass is 79.9. The molecule has 0 fully saturated rings. The van der Waals surface area contributed by atoms with Crippen LogP contribution in [0.15, 0.2) is 87.3 Å². The number of amides is 2. The zero-order valence-corrected chi connectivity index (χ0v) is 22.1. The number of hydrogen-bond acceptors (Lipinski definition) is 3. The van der Waals surface area contributed by atoms with E-state index in [1.54, 1.807) is 24.3 Å². The van der Waals surface area contributed by atoms with Crippen LogP contribution in [-0.2, 0) is 16.0 Å². The minimum atomic E-state index is -0.477. The van der Waals surface area contributed by atoms with Gasteiger partial charge in [-0.05, 0) is 73.9 Å². The maximum Gasteiger partial charge on any atom is 0.263 e. The van der Waals surface area contributed by atoms with Gasteiger partial charge in [-0.15, -0.1) is 0 Å². The summed E-state index contributed by atoms with van der Waals surface area (Å²) in [4.78, 5) is 27.2. The molecular formula is C27H25Br2N3O2. The van der Waals surface area contributed by atoms with Crippen molar-refractivity contribution in [3.05, 3.63) is 98.4 Å². The number of carbonyl (C=O) groups is 2. The lowest BCUT2D eigenvalue weighted by Gasteiger charge is -2.38. The summed E-state index contributed by atoms with van der Waals surface area (Å²) in [6, 6.07) is 22.4. The van der Waals surface area contributed by atoms with Crippen LogP contribution in [0, 0.1) is 0 Å². The predicted molar refractivity (Wildman–Crippen MR) is 144 cm³/mol. The molecule has 0 saturated carbocycles. The van der Waals surface area contributed by atoms with E-state index < -0.39 is 11.8 Å². The molecule has 0 radical (unpaired) electrons. The third kappa shape index (κ3) is 5.42. The number of benzene rings is 3. The molecule has 0 bridgehead atoms. The molecule has 7 heteroatoms. The van der Waals surface area contributed by atoms with Crippen LogP contribution in [0.4, 0.5) is 11.4 Å². The summed E-state index contributed by atoms with van der Waals surface area (Å²) in [6.45, 7) is 4.21. The lowest BCUT2D eigenvalue weighted by molar-refractivity contribution is -0.118. The van der Waals surface area contributed by atoms with E-state index in [0.29, 0.717) is 17.1 Å². The summed E-state index contributed by atoms with van der Waals surface area (Å²) in [5.74, 6) is -0.954. The lowest BCUT2D eigenvalue weighted by atomic mass is 9.81. The Balaban J connectivity index is 1.81. The molecule has 0 aromatic heterocycles. The number of carbonyl (C=O) groups excluding carboxylic acids is 2. The topological polar surface area (TPSA) is 70.2 Å². The van der Waals surface area contributed by atoms with Crippen molar-refractivity contribution in [1.29, 1.82) is 0 Å². The molecule has 1 unspecified atom stereocenters. The number of rotatable bonds is 5. The van der Waals surface area contributed by atoms with Gasteiger partial charge in [0.05, 0.1) is 5.70 Å². The van der Waals surface area contributed by atoms with Gasteiger partial charge in [-0.25, -0.2) is 0 Å². The zero-order chi connectivity index (χ0) is 24.3. The second kappa shape index (κ2) is 10.2. The minimum Gasteiger partial charge on any atom is -0.378 e. The van der Waals surface area contributed by atoms with Crippen LogP contribution in [0.3, 0.4) is 0 Å². The first-order valence-electron chi connectivity index (χ1n) is 11.0. The van der Waals surface area contributed by atoms with Crippen LogP contribution >= 0.6 is 31.9 Å². The van der Waals surface area contributed by atoms with Gasteiger partial charge in [0.25, 0.3) is 11.8 Å². The van der Waals surface area contributed by atoms with Gasteiger partial charge in [0.15, 0.2) is 0 Å². The van der Waals surface area contributed by atoms with Crippen molar-refractivity contribution < 1.29 is 9.59 Å². The molecule has 5 nitrogen and oxygen atoms in total. The first-order chi connectivity index (χ1) is 16.3. The maximum atomic E-state index is 13.6. The molecule has 1 aliphatic heterocycles. The Hall–Kier alpha value is -2.90. The molecule has 3 N–H and O–H groups in total. The molecule has 1 atom stereocenters. The predicted octanol–water partition coefficient (Wildman–Crippen LogP) is 6.51. The standard InChI is InChI=1S/C27H25Br2N3O2/c1-3-27(2)16-17-6-4-5-7-22(17)24(32-27)23(25(33)30-20-12-8-18(28)9-13-20)26(34)31-21-14-10-19(29)11-15-21/h4-15,32H,3,16H2,1-2H3,(H,30,33)(H,31,34). The van der Waals surface area contributed by atoms with Crippen LogP contribution in [0.1, 0.15) is 31.4 Å². The first kappa shape index (κ1) is 24.2. The largest absolute Gasteiger partial charge is 0.378 e. The second-order valence-corrected chi connectivity index (χ2v) is 10.4. The monoisotopic (exact) mass is 581 g/mol. The summed E-state index contributed by atoms with van der Waals surface area (Å²) >= 11 is 6.81. The molecule has 1 aliphatic rings. The highest BCUT2D eigenvalue weighted by Crippen LogP contribution is 2.34. The van der Waals surface area contributed by atoms with E-state index in [9.17, 15) is 9.59 Å². The molecule has 0 aliphatic carbocycles. The first-order valence-corrected chi connectivity index (χ1v) is 12.6. The normalized spacial score (nSPS) is 16.8. The Kier molecular flexibility index (Phi) is 7.24. The van der Waals surface area contributed by atoms with Crippen LogP contribution in [0.2, 0.25) is 0 Å². The average Bonchev–Trinajstić information content (AvgIpc) is 2.82. The zero-order valence-electron chi connectivity index (χ0n) is 18.9. The highest BCUT2D eigenvalue weighted by Gasteiger charge is 2.35. The third-order valence-corrected chi connectivity index (χ3v) is 7.04. The summed E-state index contributed by atoms with van der Waals surface area (Å²) in [6.07, 6.45) is 1.64. The Morgan fingerprint density at radius 1 is 0.853 bits per heavy atom. The van der Waals surface area contributed by atoms with Crippen molar-refractivity contribution in [1.82, 2.24) is 5.32 Å². The summed E-state index contributed by atoms with van der Waals surface area (Å²) < 4.78 is 1.80. The Labute approximate surface area is 216 Å². The van der Waals surface area contributed by atoms with Gasteiger partial charge in [0.2, 0.25) is 0 Å². The van der Waals surface area contributed by atoms with Crippen molar-refractivity contribution in [3.63, 3.8) is 0 Å². The molecule has 34 heavy (non-hydrogen) atoms. The van der Waals surface area contributed by atoms with Crippen LogP contribution in [0.25, 0.3) is 5.70 Å². The van der Waals surface area contributed by atoms with Crippen molar-refractivity contribution >= 4 is 60.7 Å². The molecule has 0 spiro atoms. The minimum absolute atomic E-state index is 0.0395. The molecule has 1 heterocycles. The third-order valence-electron chi connectivity index (χ3n) is 5.98. The Morgan fingerprint density at radius 3 is 1.85 bits per heavy atom. The van der Waals surface area contributed by atoms with E-state index in [0.717, 1.165) is 32.9 Å². The quantitative estimate of drug-likeness (QED) is 0.182. The molecule has 0 saturated heterocycles. The maximum absolute atomic E-state index is 13.6. The van der Waals surface area contributed by atoms with Crippen molar-refractivity contribution in [2.75, 3.05) is 10.6 Å². The highest BCUT2D eigenvalue weighted by molar-refractivity contribution is 9.10. The van der Waals surface area contributed by atoms with Crippen molar-refractivity contribution in [3.8, 4) is 0 Å². The molecular weight excluding hydrogens is 558 g/mol. The van der Waals surface area contributed by atoms with Crippen molar-refractivity contribution in [2.45, 2.75) is 32.2 Å². The Morgan fingerprint density at radius 2 is 1.35 bits per heavy atom. The van der Waals surface area contributed by atoms with Gasteiger partial charge in [-0.3, -0.25) is 9.59 Å². The van der Waals surface area contributed by atoms with Crippen LogP contribution in [0.5, 0.6) is 0 Å². The average molecular weight is 583 g/mol. The summed E-state index contributed by atoms with van der Waals surface area (Å²) in [7, 11) is 0. The van der Waals surface area contributed by atoms with E-state index in [1.165, 1.54) is 0 Å².